The monoisotopic (exact) mass is 559 g/mol. The maximum absolute atomic E-state index is 13.3. The smallest absolute Gasteiger partial charge is 0.458 e. The lowest BCUT2D eigenvalue weighted by Crippen LogP contribution is -2.59. The van der Waals surface area contributed by atoms with Crippen LogP contribution in [0.4, 0.5) is 54.0 Å². The molecule has 20 heteroatoms. The van der Waals surface area contributed by atoms with Crippen LogP contribution in [0.5, 0.6) is 0 Å². The van der Waals surface area contributed by atoms with Gasteiger partial charge in [-0.05, 0) is 12.1 Å². The van der Waals surface area contributed by atoms with E-state index in [2.05, 4.69) is 4.74 Å². The summed E-state index contributed by atoms with van der Waals surface area (Å²) in [6, 6.07) is 0.656. The van der Waals surface area contributed by atoms with E-state index in [0.29, 0.717) is 6.07 Å². The molecule has 7 nitrogen and oxygen atoms in total. The summed E-state index contributed by atoms with van der Waals surface area (Å²) in [5.74, 6) is -22.3. The second-order valence-corrected chi connectivity index (χ2v) is 8.95. The Kier molecular flexibility index (Phi) is 8.46. The fourth-order valence-corrected chi connectivity index (χ4v) is 3.47. The molecule has 0 N–H and O–H groups in total. The second-order valence-electron chi connectivity index (χ2n) is 5.99. The molecule has 1 aromatic rings. The number of nitrogens with zero attached hydrogens (tertiary/aromatic N) is 1. The molecule has 1 rings (SSSR count). The average Bonchev–Trinajstić information content (AvgIpc) is 2.69. The lowest BCUT2D eigenvalue weighted by Gasteiger charge is -2.31. The van der Waals surface area contributed by atoms with Gasteiger partial charge in [0.25, 0.3) is 15.5 Å². The number of hydrogen-bond donors (Lipinski definition) is 0. The van der Waals surface area contributed by atoms with Gasteiger partial charge in [-0.15, -0.1) is 11.8 Å². The molecule has 0 saturated heterocycles. The summed E-state index contributed by atoms with van der Waals surface area (Å²) in [7, 11) is -6.01. The van der Waals surface area contributed by atoms with E-state index in [1.807, 2.05) is 0 Å². The van der Waals surface area contributed by atoms with Crippen LogP contribution in [0.3, 0.4) is 0 Å². The molecule has 0 amide bonds. The number of ether oxygens (including phenoxy) is 1. The highest BCUT2D eigenvalue weighted by Gasteiger charge is 2.75. The van der Waals surface area contributed by atoms with Gasteiger partial charge in [0.2, 0.25) is 0 Å². The number of alkyl halides is 11. The van der Waals surface area contributed by atoms with E-state index in [0.717, 1.165) is 0 Å². The van der Waals surface area contributed by atoms with Crippen LogP contribution in [-0.4, -0.2) is 61.4 Å². The van der Waals surface area contributed by atoms with Crippen molar-refractivity contribution in [1.29, 1.82) is 0 Å². The highest BCUT2D eigenvalue weighted by molar-refractivity contribution is 8.00. The van der Waals surface area contributed by atoms with E-state index in [-0.39, 0.29) is 23.9 Å². The van der Waals surface area contributed by atoms with Crippen LogP contribution in [0.25, 0.3) is 0 Å². The van der Waals surface area contributed by atoms with E-state index < -0.39 is 78.3 Å². The Balaban J connectivity index is 2.98. The minimum Gasteiger partial charge on any atom is -0.458 e. The van der Waals surface area contributed by atoms with Crippen molar-refractivity contribution in [2.75, 3.05) is 12.4 Å². The fourth-order valence-electron chi connectivity index (χ4n) is 1.88. The molecule has 0 aliphatic carbocycles. The van der Waals surface area contributed by atoms with Gasteiger partial charge in [0.15, 0.2) is 6.61 Å². The molecule has 0 radical (unpaired) electrons. The lowest BCUT2D eigenvalue weighted by molar-refractivity contribution is -0.388. The minimum absolute atomic E-state index is 0.0140. The van der Waals surface area contributed by atoms with Crippen LogP contribution in [0.2, 0.25) is 0 Å². The molecule has 0 bridgehead atoms. The van der Waals surface area contributed by atoms with Crippen LogP contribution < -0.4 is 0 Å². The summed E-state index contributed by atoms with van der Waals surface area (Å²) < 4.78 is 166. The maximum atomic E-state index is 13.3. The summed E-state index contributed by atoms with van der Waals surface area (Å²) in [4.78, 5) is 18.8. The molecule has 0 aromatic heterocycles. The van der Waals surface area contributed by atoms with Crippen molar-refractivity contribution in [3.8, 4) is 0 Å². The number of thioether (sulfide) groups is 1. The predicted octanol–water partition coefficient (Wildman–Crippen LogP) is 4.69. The van der Waals surface area contributed by atoms with Gasteiger partial charge in [-0.25, -0.2) is 17.2 Å². The van der Waals surface area contributed by atoms with Crippen LogP contribution >= 0.6 is 11.8 Å². The molecular weight excluding hydrogens is 551 g/mol. The molecule has 0 unspecified atom stereocenters. The van der Waals surface area contributed by atoms with Crippen LogP contribution in [0.1, 0.15) is 0 Å². The molecule has 0 spiro atoms. The molecule has 34 heavy (non-hydrogen) atoms. The van der Waals surface area contributed by atoms with Gasteiger partial charge < -0.3 is 4.74 Å². The summed E-state index contributed by atoms with van der Waals surface area (Å²) in [5.41, 5.74) is -7.12. The first-order valence-electron chi connectivity index (χ1n) is 7.89. The van der Waals surface area contributed by atoms with Gasteiger partial charge in [-0.3, -0.25) is 14.9 Å². The summed E-state index contributed by atoms with van der Waals surface area (Å²) in [6.07, 6.45) is -5.20. The van der Waals surface area contributed by atoms with Crippen molar-refractivity contribution in [3.05, 3.63) is 28.3 Å². The Hall–Kier alpha value is -2.38. The van der Waals surface area contributed by atoms with Gasteiger partial charge in [0.05, 0.1) is 20.5 Å². The third-order valence-corrected chi connectivity index (χ3v) is 6.17. The first-order valence-corrected chi connectivity index (χ1v) is 10.4. The quantitative estimate of drug-likeness (QED) is 0.135. The largest absolute Gasteiger partial charge is 0.501 e. The molecule has 0 heterocycles. The number of rotatable bonds is 10. The first-order chi connectivity index (χ1) is 15.1. The topological polar surface area (TPSA) is 104 Å². The Labute approximate surface area is 185 Å². The zero-order chi connectivity index (χ0) is 26.9. The molecule has 0 fully saturated rings. The van der Waals surface area contributed by atoms with Crippen LogP contribution in [0, 0.1) is 10.1 Å². The number of nitro groups is 1. The van der Waals surface area contributed by atoms with Crippen molar-refractivity contribution in [1.82, 2.24) is 0 Å². The summed E-state index contributed by atoms with van der Waals surface area (Å²) >= 11 is -0.0140. The molecule has 1 aromatic carbocycles. The molecule has 0 aliphatic heterocycles. The molecule has 194 valence electrons. The minimum atomic E-state index is -6.65. The summed E-state index contributed by atoms with van der Waals surface area (Å²) in [6.45, 7) is -2.80. The number of hydrogen-bond acceptors (Lipinski definition) is 7. The highest BCUT2D eigenvalue weighted by Crippen LogP contribution is 2.48. The van der Waals surface area contributed by atoms with Gasteiger partial charge in [0, 0.05) is 6.07 Å². The number of esters is 1. The maximum Gasteiger partial charge on any atom is 0.501 e. The van der Waals surface area contributed by atoms with Gasteiger partial charge >= 0.3 is 35.7 Å². The Morgan fingerprint density at radius 2 is 1.59 bits per heavy atom. The first kappa shape index (κ1) is 29.7. The average molecular weight is 559 g/mol. The van der Waals surface area contributed by atoms with Crippen molar-refractivity contribution in [3.63, 3.8) is 0 Å². The Morgan fingerprint density at radius 3 is 2.03 bits per heavy atom. The number of benzene rings is 1. The van der Waals surface area contributed by atoms with Crippen molar-refractivity contribution in [2.45, 2.75) is 39.5 Å². The standard InChI is InChI=1S/C14H8F11NO6S2/c15-10(16)12(19,20)13(21,22)11(17,18)5-32-9(27)4-33-8-2-1-6(3-7(8)26(28)29)34(30,31)14(23,24)25/h1-3,10H,4-5H2. The third-order valence-electron chi connectivity index (χ3n) is 3.65. The van der Waals surface area contributed by atoms with E-state index in [9.17, 15) is 71.6 Å². The third kappa shape index (κ3) is 5.81. The highest BCUT2D eigenvalue weighted by atomic mass is 32.2. The molecule has 0 aliphatic rings. The normalized spacial score (nSPS) is 13.8. The van der Waals surface area contributed by atoms with E-state index in [4.69, 9.17) is 0 Å². The van der Waals surface area contributed by atoms with Crippen LogP contribution in [-0.2, 0) is 19.4 Å². The molecule has 0 atom stereocenters. The van der Waals surface area contributed by atoms with Gasteiger partial charge in [-0.1, -0.05) is 0 Å². The van der Waals surface area contributed by atoms with E-state index >= 15 is 0 Å². The Bertz CT molecular complexity index is 1040. The summed E-state index contributed by atoms with van der Waals surface area (Å²) in [5, 5.41) is 11.0. The second kappa shape index (κ2) is 9.70. The van der Waals surface area contributed by atoms with Crippen LogP contribution in [0.15, 0.2) is 28.0 Å². The zero-order valence-electron chi connectivity index (χ0n) is 15.6. The van der Waals surface area contributed by atoms with Crippen molar-refractivity contribution in [2.24, 2.45) is 0 Å². The lowest BCUT2D eigenvalue weighted by atomic mass is 10.1. The SMILES string of the molecule is O=C(CSc1ccc(S(=O)(=O)C(F)(F)F)cc1[N+](=O)[O-])OCC(F)(F)C(F)(F)C(F)(F)C(F)F. The van der Waals surface area contributed by atoms with Crippen molar-refractivity contribution < 1.29 is 71.2 Å². The van der Waals surface area contributed by atoms with Gasteiger partial charge in [0.1, 0.15) is 0 Å². The number of carbonyl (C=O) groups excluding carboxylic acids is 1. The Morgan fingerprint density at radius 1 is 1.06 bits per heavy atom. The van der Waals surface area contributed by atoms with Gasteiger partial charge in [-0.2, -0.15) is 39.5 Å². The number of carbonyl (C=O) groups is 1. The fraction of sp³-hybridized carbons (Fsp3) is 0.500. The number of sulfone groups is 1. The number of halogens is 11. The van der Waals surface area contributed by atoms with E-state index in [1.54, 1.807) is 0 Å². The zero-order valence-corrected chi connectivity index (χ0v) is 17.2. The van der Waals surface area contributed by atoms with E-state index in [1.165, 1.54) is 0 Å². The van der Waals surface area contributed by atoms with Crippen molar-refractivity contribution >= 4 is 33.3 Å². The molecule has 0 saturated carbocycles. The predicted molar refractivity (Wildman–Crippen MR) is 88.9 cm³/mol. The molecular formula is C14H8F11NO6S2. The number of nitro benzene ring substituents is 1.